The van der Waals surface area contributed by atoms with Crippen LogP contribution in [0.25, 0.3) is 0 Å². The Bertz CT molecular complexity index is 1270. The highest BCUT2D eigenvalue weighted by molar-refractivity contribution is 7.89. The van der Waals surface area contributed by atoms with E-state index in [0.717, 1.165) is 35.2 Å². The Labute approximate surface area is 216 Å². The number of hydrogen-bond acceptors (Lipinski definition) is 5. The fraction of sp³-hybridized carbons (Fsp3) is 0.370. The van der Waals surface area contributed by atoms with E-state index in [9.17, 15) is 17.6 Å². The predicted molar refractivity (Wildman–Crippen MR) is 139 cm³/mol. The Kier molecular flexibility index (Phi) is 8.56. The van der Waals surface area contributed by atoms with Crippen molar-refractivity contribution in [1.82, 2.24) is 9.21 Å². The van der Waals surface area contributed by atoms with Crippen LogP contribution in [0.2, 0.25) is 0 Å². The molecule has 192 valence electrons. The number of benzene rings is 2. The minimum absolute atomic E-state index is 0.0399. The molecule has 1 aliphatic heterocycles. The second-order valence-electron chi connectivity index (χ2n) is 8.79. The molecule has 9 heteroatoms. The van der Waals surface area contributed by atoms with Crippen LogP contribution in [-0.4, -0.2) is 56.4 Å². The summed E-state index contributed by atoms with van der Waals surface area (Å²) in [5, 5.41) is 2.04. The molecular weight excluding hydrogens is 499 g/mol. The van der Waals surface area contributed by atoms with Crippen LogP contribution < -0.4 is 0 Å². The number of carbonyl (C=O) groups excluding carboxylic acids is 1. The molecule has 2 aromatic carbocycles. The van der Waals surface area contributed by atoms with E-state index in [4.69, 9.17) is 4.74 Å². The summed E-state index contributed by atoms with van der Waals surface area (Å²) in [7, 11) is -4.01. The van der Waals surface area contributed by atoms with Gasteiger partial charge in [0.1, 0.15) is 5.82 Å². The average molecular weight is 531 g/mol. The Hall–Kier alpha value is -2.59. The number of ether oxygens (including phenoxy) is 1. The second-order valence-corrected chi connectivity index (χ2v) is 11.7. The van der Waals surface area contributed by atoms with Crippen LogP contribution in [0, 0.1) is 12.7 Å². The molecule has 3 aromatic rings. The maximum absolute atomic E-state index is 13.7. The zero-order chi connectivity index (χ0) is 25.7. The van der Waals surface area contributed by atoms with Crippen molar-refractivity contribution in [3.8, 4) is 0 Å². The fourth-order valence-electron chi connectivity index (χ4n) is 4.46. The average Bonchev–Trinajstić information content (AvgIpc) is 3.35. The standard InChI is InChI=1S/C27H31FN2O4S2/c1-3-34-17-4-15-29(36(32,33)23-11-9-22(28)10-12-23)19-26(31)30-16-13-25-24(14-18-35-25)27(30)21-7-5-20(2)6-8-21/h5-12,14,18,27H,3-4,13,15-17,19H2,1-2H3. The van der Waals surface area contributed by atoms with Crippen molar-refractivity contribution in [3.05, 3.63) is 87.4 Å². The molecule has 4 rings (SSSR count). The molecule has 36 heavy (non-hydrogen) atoms. The number of aryl methyl sites for hydroxylation is 1. The number of thiophene rings is 1. The van der Waals surface area contributed by atoms with E-state index in [-0.39, 0.29) is 29.9 Å². The van der Waals surface area contributed by atoms with Gasteiger partial charge in [0.25, 0.3) is 0 Å². The van der Waals surface area contributed by atoms with E-state index in [2.05, 4.69) is 6.07 Å². The monoisotopic (exact) mass is 530 g/mol. The first-order chi connectivity index (χ1) is 17.3. The molecule has 0 radical (unpaired) electrons. The molecule has 1 aromatic heterocycles. The smallest absolute Gasteiger partial charge is 0.243 e. The number of halogens is 1. The second kappa shape index (κ2) is 11.6. The third kappa shape index (κ3) is 5.86. The van der Waals surface area contributed by atoms with Gasteiger partial charge in [0.15, 0.2) is 0 Å². The van der Waals surface area contributed by atoms with Crippen LogP contribution in [-0.2, 0) is 26.0 Å². The molecule has 0 spiro atoms. The molecule has 6 nitrogen and oxygen atoms in total. The van der Waals surface area contributed by atoms with Gasteiger partial charge in [-0.05, 0) is 73.5 Å². The number of nitrogens with zero attached hydrogens (tertiary/aromatic N) is 2. The van der Waals surface area contributed by atoms with Gasteiger partial charge in [-0.25, -0.2) is 12.8 Å². The molecule has 1 aliphatic rings. The summed E-state index contributed by atoms with van der Waals surface area (Å²) in [5.41, 5.74) is 3.22. The molecule has 1 amide bonds. The number of sulfonamides is 1. The van der Waals surface area contributed by atoms with Gasteiger partial charge >= 0.3 is 0 Å². The van der Waals surface area contributed by atoms with Gasteiger partial charge in [-0.15, -0.1) is 11.3 Å². The van der Waals surface area contributed by atoms with Crippen molar-refractivity contribution in [2.75, 3.05) is 32.8 Å². The van der Waals surface area contributed by atoms with Crippen LogP contribution in [0.1, 0.15) is 41.0 Å². The SMILES string of the molecule is CCOCCCN(CC(=O)N1CCc2sccc2C1c1ccc(C)cc1)S(=O)(=O)c1ccc(F)cc1. The Morgan fingerprint density at radius 3 is 2.56 bits per heavy atom. The van der Waals surface area contributed by atoms with Crippen LogP contribution in [0.5, 0.6) is 0 Å². The van der Waals surface area contributed by atoms with E-state index >= 15 is 0 Å². The first-order valence-electron chi connectivity index (χ1n) is 12.1. The van der Waals surface area contributed by atoms with Crippen LogP contribution in [0.3, 0.4) is 0 Å². The van der Waals surface area contributed by atoms with E-state index in [1.54, 1.807) is 16.2 Å². The van der Waals surface area contributed by atoms with Gasteiger partial charge in [0, 0.05) is 31.2 Å². The summed E-state index contributed by atoms with van der Waals surface area (Å²) in [4.78, 5) is 16.7. The zero-order valence-electron chi connectivity index (χ0n) is 20.5. The number of amides is 1. The molecular formula is C27H31FN2O4S2. The quantitative estimate of drug-likeness (QED) is 0.354. The Morgan fingerprint density at radius 2 is 1.86 bits per heavy atom. The summed E-state index contributed by atoms with van der Waals surface area (Å²) in [6.07, 6.45) is 1.17. The van der Waals surface area contributed by atoms with E-state index in [1.807, 2.05) is 43.5 Å². The molecule has 0 saturated heterocycles. The zero-order valence-corrected chi connectivity index (χ0v) is 22.2. The molecule has 1 unspecified atom stereocenters. The largest absolute Gasteiger partial charge is 0.382 e. The highest BCUT2D eigenvalue weighted by Gasteiger charge is 2.35. The number of fused-ring (bicyclic) bond motifs is 1. The van der Waals surface area contributed by atoms with Crippen molar-refractivity contribution >= 4 is 27.3 Å². The van der Waals surface area contributed by atoms with Gasteiger partial charge in [-0.1, -0.05) is 29.8 Å². The van der Waals surface area contributed by atoms with Crippen LogP contribution in [0.4, 0.5) is 4.39 Å². The maximum Gasteiger partial charge on any atom is 0.243 e. The molecule has 0 aliphatic carbocycles. The molecule has 0 saturated carbocycles. The number of rotatable bonds is 10. The van der Waals surface area contributed by atoms with Crippen molar-refractivity contribution in [2.24, 2.45) is 0 Å². The normalized spacial score (nSPS) is 15.8. The highest BCUT2D eigenvalue weighted by Crippen LogP contribution is 2.38. The minimum Gasteiger partial charge on any atom is -0.382 e. The first-order valence-corrected chi connectivity index (χ1v) is 14.4. The molecule has 2 heterocycles. The van der Waals surface area contributed by atoms with E-state index in [0.29, 0.717) is 26.2 Å². The summed E-state index contributed by atoms with van der Waals surface area (Å²) < 4.78 is 47.0. The van der Waals surface area contributed by atoms with Gasteiger partial charge in [0.2, 0.25) is 15.9 Å². The summed E-state index contributed by atoms with van der Waals surface area (Å²) in [6.45, 7) is 5.13. The molecule has 0 fully saturated rings. The topological polar surface area (TPSA) is 66.9 Å². The van der Waals surface area contributed by atoms with Crippen LogP contribution in [0.15, 0.2) is 64.9 Å². The lowest BCUT2D eigenvalue weighted by atomic mass is 9.92. The third-order valence-electron chi connectivity index (χ3n) is 6.34. The van der Waals surface area contributed by atoms with Crippen molar-refractivity contribution < 1.29 is 22.3 Å². The predicted octanol–water partition coefficient (Wildman–Crippen LogP) is 4.79. The lowest BCUT2D eigenvalue weighted by molar-refractivity contribution is -0.133. The highest BCUT2D eigenvalue weighted by atomic mass is 32.2. The number of hydrogen-bond donors (Lipinski definition) is 0. The minimum atomic E-state index is -4.01. The first kappa shape index (κ1) is 26.5. The molecule has 0 bridgehead atoms. The third-order valence-corrected chi connectivity index (χ3v) is 9.20. The lowest BCUT2D eigenvalue weighted by Crippen LogP contribution is -2.47. The lowest BCUT2D eigenvalue weighted by Gasteiger charge is -2.37. The number of carbonyl (C=O) groups is 1. The van der Waals surface area contributed by atoms with Gasteiger partial charge in [-0.3, -0.25) is 4.79 Å². The van der Waals surface area contributed by atoms with Gasteiger partial charge < -0.3 is 9.64 Å². The van der Waals surface area contributed by atoms with Crippen LogP contribution >= 0.6 is 11.3 Å². The summed E-state index contributed by atoms with van der Waals surface area (Å²) >= 11 is 1.68. The molecule has 0 N–H and O–H groups in total. The maximum atomic E-state index is 13.7. The Morgan fingerprint density at radius 1 is 1.14 bits per heavy atom. The van der Waals surface area contributed by atoms with Crippen molar-refractivity contribution in [3.63, 3.8) is 0 Å². The summed E-state index contributed by atoms with van der Waals surface area (Å²) in [6, 6.07) is 14.6. The summed E-state index contributed by atoms with van der Waals surface area (Å²) in [5.74, 6) is -0.784. The Balaban J connectivity index is 1.62. The van der Waals surface area contributed by atoms with Crippen molar-refractivity contribution in [2.45, 2.75) is 37.6 Å². The van der Waals surface area contributed by atoms with Gasteiger partial charge in [0.05, 0.1) is 17.5 Å². The molecule has 1 atom stereocenters. The van der Waals surface area contributed by atoms with Crippen molar-refractivity contribution in [1.29, 1.82) is 0 Å². The van der Waals surface area contributed by atoms with E-state index in [1.165, 1.54) is 21.3 Å². The van der Waals surface area contributed by atoms with Gasteiger partial charge in [-0.2, -0.15) is 4.31 Å². The fourth-order valence-corrected chi connectivity index (χ4v) is 6.79. The van der Waals surface area contributed by atoms with E-state index < -0.39 is 15.8 Å².